The van der Waals surface area contributed by atoms with E-state index in [1.807, 2.05) is 0 Å². The Balaban J connectivity index is 2.46. The van der Waals surface area contributed by atoms with Gasteiger partial charge in [0, 0.05) is 19.7 Å². The van der Waals surface area contributed by atoms with Crippen molar-refractivity contribution in [2.24, 2.45) is 11.7 Å². The van der Waals surface area contributed by atoms with Gasteiger partial charge in [-0.25, -0.2) is 4.79 Å². The van der Waals surface area contributed by atoms with E-state index in [1.165, 1.54) is 4.90 Å². The molecule has 6 heteroatoms. The van der Waals surface area contributed by atoms with Gasteiger partial charge >= 0.3 is 12.0 Å². The van der Waals surface area contributed by atoms with Crippen molar-refractivity contribution in [2.75, 3.05) is 19.7 Å². The molecule has 0 spiro atoms. The summed E-state index contributed by atoms with van der Waals surface area (Å²) in [5, 5.41) is 8.76. The van der Waals surface area contributed by atoms with Gasteiger partial charge in [0.1, 0.15) is 0 Å². The molecule has 0 aliphatic carbocycles. The summed E-state index contributed by atoms with van der Waals surface area (Å²) in [5.74, 6) is -1.55. The van der Waals surface area contributed by atoms with Gasteiger partial charge in [-0.15, -0.1) is 0 Å². The minimum absolute atomic E-state index is 0.00602. The predicted molar refractivity (Wildman–Crippen MR) is 56.9 cm³/mol. The van der Waals surface area contributed by atoms with E-state index in [0.29, 0.717) is 13.2 Å². The molecule has 1 aliphatic heterocycles. The Bertz CT molecular complexity index is 264. The van der Waals surface area contributed by atoms with Crippen molar-refractivity contribution in [3.8, 4) is 0 Å². The van der Waals surface area contributed by atoms with Gasteiger partial charge in [0.15, 0.2) is 0 Å². The molecule has 2 atom stereocenters. The van der Waals surface area contributed by atoms with Crippen LogP contribution in [0.3, 0.4) is 0 Å². The molecule has 0 aromatic heterocycles. The second-order valence-corrected chi connectivity index (χ2v) is 4.12. The first-order chi connectivity index (χ1) is 7.50. The minimum atomic E-state index is -0.932. The largest absolute Gasteiger partial charge is 0.481 e. The second-order valence-electron chi connectivity index (χ2n) is 4.12. The fraction of sp³-hybridized carbons (Fsp3) is 0.800. The lowest BCUT2D eigenvalue weighted by Crippen LogP contribution is -2.44. The first-order valence-corrected chi connectivity index (χ1v) is 5.39. The third-order valence-electron chi connectivity index (χ3n) is 2.68. The lowest BCUT2D eigenvalue weighted by Gasteiger charge is -2.25. The van der Waals surface area contributed by atoms with Gasteiger partial charge in [0.25, 0.3) is 0 Å². The summed E-state index contributed by atoms with van der Waals surface area (Å²) in [6.07, 6.45) is 1.87. The Labute approximate surface area is 94.3 Å². The Kier molecular flexibility index (Phi) is 4.54. The molecule has 6 nitrogen and oxygen atoms in total. The number of ether oxygens (including phenoxy) is 1. The zero-order valence-electron chi connectivity index (χ0n) is 9.39. The van der Waals surface area contributed by atoms with E-state index in [9.17, 15) is 9.59 Å². The Morgan fingerprint density at radius 2 is 2.31 bits per heavy atom. The summed E-state index contributed by atoms with van der Waals surface area (Å²) in [5.41, 5.74) is 5.20. The number of carboxylic acids is 1. The van der Waals surface area contributed by atoms with Crippen molar-refractivity contribution >= 4 is 12.0 Å². The maximum absolute atomic E-state index is 11.1. The van der Waals surface area contributed by atoms with Gasteiger partial charge in [-0.05, 0) is 12.8 Å². The van der Waals surface area contributed by atoms with Crippen molar-refractivity contribution in [1.29, 1.82) is 0 Å². The van der Waals surface area contributed by atoms with Crippen molar-refractivity contribution in [3.63, 3.8) is 0 Å². The molecule has 0 aromatic carbocycles. The van der Waals surface area contributed by atoms with Crippen LogP contribution < -0.4 is 5.73 Å². The van der Waals surface area contributed by atoms with Gasteiger partial charge < -0.3 is 20.5 Å². The molecule has 3 N–H and O–H groups in total. The number of aliphatic carboxylic acids is 1. The topological polar surface area (TPSA) is 92.9 Å². The summed E-state index contributed by atoms with van der Waals surface area (Å²) in [7, 11) is 0. The fourth-order valence-corrected chi connectivity index (χ4v) is 1.70. The van der Waals surface area contributed by atoms with Gasteiger partial charge in [-0.3, -0.25) is 4.79 Å². The van der Waals surface area contributed by atoms with E-state index >= 15 is 0 Å². The molecule has 0 saturated carbocycles. The van der Waals surface area contributed by atoms with Crippen LogP contribution in [0.4, 0.5) is 4.79 Å². The number of carbonyl (C=O) groups excluding carboxylic acids is 1. The highest BCUT2D eigenvalue weighted by molar-refractivity contribution is 5.74. The molecule has 1 aliphatic rings. The molecular weight excluding hydrogens is 212 g/mol. The standard InChI is InChI=1S/C10H18N2O4/c1-7(9(13)14)5-12(10(11)15)6-8-3-2-4-16-8/h7-8H,2-6H2,1H3,(H2,11,15)(H,13,14). The molecule has 0 radical (unpaired) electrons. The van der Waals surface area contributed by atoms with Crippen LogP contribution in [0.25, 0.3) is 0 Å². The lowest BCUT2D eigenvalue weighted by molar-refractivity contribution is -0.141. The highest BCUT2D eigenvalue weighted by atomic mass is 16.5. The van der Waals surface area contributed by atoms with Gasteiger partial charge in [-0.1, -0.05) is 6.92 Å². The highest BCUT2D eigenvalue weighted by Gasteiger charge is 2.24. The van der Waals surface area contributed by atoms with Crippen LogP contribution >= 0.6 is 0 Å². The number of hydrogen-bond acceptors (Lipinski definition) is 3. The van der Waals surface area contributed by atoms with Gasteiger partial charge in [0.05, 0.1) is 12.0 Å². The number of hydrogen-bond donors (Lipinski definition) is 2. The van der Waals surface area contributed by atoms with Crippen LogP contribution in [0.1, 0.15) is 19.8 Å². The number of urea groups is 1. The highest BCUT2D eigenvalue weighted by Crippen LogP contribution is 2.14. The maximum atomic E-state index is 11.1. The second kappa shape index (κ2) is 5.69. The van der Waals surface area contributed by atoms with Crippen LogP contribution in [0, 0.1) is 5.92 Å². The Morgan fingerprint density at radius 1 is 1.62 bits per heavy atom. The first-order valence-electron chi connectivity index (χ1n) is 5.39. The van der Waals surface area contributed by atoms with Crippen molar-refractivity contribution in [2.45, 2.75) is 25.9 Å². The smallest absolute Gasteiger partial charge is 0.314 e. The molecule has 0 aromatic rings. The fourth-order valence-electron chi connectivity index (χ4n) is 1.70. The Morgan fingerprint density at radius 3 is 2.75 bits per heavy atom. The average molecular weight is 230 g/mol. The molecule has 16 heavy (non-hydrogen) atoms. The summed E-state index contributed by atoms with van der Waals surface area (Å²) in [4.78, 5) is 23.2. The molecule has 2 unspecified atom stereocenters. The van der Waals surface area contributed by atoms with Crippen LogP contribution in [0.15, 0.2) is 0 Å². The Hall–Kier alpha value is -1.30. The summed E-state index contributed by atoms with van der Waals surface area (Å²) in [6, 6.07) is -0.594. The van der Waals surface area contributed by atoms with Crippen LogP contribution in [-0.2, 0) is 9.53 Å². The molecular formula is C10H18N2O4. The monoisotopic (exact) mass is 230 g/mol. The summed E-state index contributed by atoms with van der Waals surface area (Å²) >= 11 is 0. The predicted octanol–water partition coefficient (Wildman–Crippen LogP) is 0.267. The molecule has 1 saturated heterocycles. The number of carbonyl (C=O) groups is 2. The zero-order chi connectivity index (χ0) is 12.1. The van der Waals surface area contributed by atoms with E-state index in [-0.39, 0.29) is 12.6 Å². The molecule has 1 rings (SSSR count). The molecule has 2 amide bonds. The minimum Gasteiger partial charge on any atom is -0.481 e. The molecule has 0 bridgehead atoms. The number of carboxylic acid groups (broad SMARTS) is 1. The quantitative estimate of drug-likeness (QED) is 0.708. The van der Waals surface area contributed by atoms with E-state index in [4.69, 9.17) is 15.6 Å². The number of rotatable bonds is 5. The molecule has 1 heterocycles. The van der Waals surface area contributed by atoms with Gasteiger partial charge in [-0.2, -0.15) is 0 Å². The maximum Gasteiger partial charge on any atom is 0.314 e. The molecule has 1 fully saturated rings. The SMILES string of the molecule is CC(CN(CC1CCCO1)C(N)=O)C(=O)O. The zero-order valence-corrected chi connectivity index (χ0v) is 9.39. The van der Waals surface area contributed by atoms with Crippen LogP contribution in [-0.4, -0.2) is 47.8 Å². The van der Waals surface area contributed by atoms with Gasteiger partial charge in [0.2, 0.25) is 0 Å². The van der Waals surface area contributed by atoms with Crippen molar-refractivity contribution < 1.29 is 19.4 Å². The third-order valence-corrected chi connectivity index (χ3v) is 2.68. The third kappa shape index (κ3) is 3.69. The number of nitrogens with zero attached hydrogens (tertiary/aromatic N) is 1. The summed E-state index contributed by atoms with van der Waals surface area (Å²) < 4.78 is 5.38. The average Bonchev–Trinajstić information content (AvgIpc) is 2.68. The van der Waals surface area contributed by atoms with E-state index in [0.717, 1.165) is 12.8 Å². The lowest BCUT2D eigenvalue weighted by atomic mass is 10.1. The number of primary amides is 1. The van der Waals surface area contributed by atoms with Crippen molar-refractivity contribution in [3.05, 3.63) is 0 Å². The van der Waals surface area contributed by atoms with Crippen molar-refractivity contribution in [1.82, 2.24) is 4.90 Å². The first kappa shape index (κ1) is 12.8. The van der Waals surface area contributed by atoms with Crippen LogP contribution in [0.2, 0.25) is 0 Å². The summed E-state index contributed by atoms with van der Waals surface area (Å²) in [6.45, 7) is 2.76. The number of nitrogens with two attached hydrogens (primary N) is 1. The van der Waals surface area contributed by atoms with E-state index in [2.05, 4.69) is 0 Å². The normalized spacial score (nSPS) is 21.7. The number of amides is 2. The van der Waals surface area contributed by atoms with E-state index < -0.39 is 17.9 Å². The van der Waals surface area contributed by atoms with Crippen LogP contribution in [0.5, 0.6) is 0 Å². The molecule has 92 valence electrons. The van der Waals surface area contributed by atoms with E-state index in [1.54, 1.807) is 6.92 Å².